The van der Waals surface area contributed by atoms with Crippen molar-refractivity contribution in [2.24, 2.45) is 0 Å². The average molecular weight is 516 g/mol. The largest absolute Gasteiger partial charge is 0.492 e. The molecule has 5 rings (SSSR count). The van der Waals surface area contributed by atoms with Crippen LogP contribution >= 0.6 is 0 Å². The van der Waals surface area contributed by atoms with E-state index in [0.29, 0.717) is 24.7 Å². The Morgan fingerprint density at radius 2 is 1.79 bits per heavy atom. The minimum Gasteiger partial charge on any atom is -0.492 e. The number of carboxylic acids is 1. The van der Waals surface area contributed by atoms with Crippen molar-refractivity contribution in [3.63, 3.8) is 0 Å². The summed E-state index contributed by atoms with van der Waals surface area (Å²) in [6.45, 7) is 10.7. The Morgan fingerprint density at radius 3 is 2.50 bits per heavy atom. The maximum Gasteiger partial charge on any atom is 0.304 e. The average Bonchev–Trinajstić information content (AvgIpc) is 3.29. The molecule has 2 aliphatic heterocycles. The fraction of sp³-hybridized carbons (Fsp3) is 0.406. The summed E-state index contributed by atoms with van der Waals surface area (Å²) in [6, 6.07) is 18.5. The number of aliphatic carboxylic acids is 1. The van der Waals surface area contributed by atoms with Crippen LogP contribution in [0, 0.1) is 13.8 Å². The maximum absolute atomic E-state index is 11.1. The molecule has 0 aromatic heterocycles. The van der Waals surface area contributed by atoms with Crippen LogP contribution in [-0.2, 0) is 11.4 Å². The van der Waals surface area contributed by atoms with E-state index in [1.165, 1.54) is 16.7 Å². The van der Waals surface area contributed by atoms with Gasteiger partial charge in [-0.15, -0.1) is 0 Å². The molecular weight excluding hydrogens is 478 g/mol. The number of aryl methyl sites for hydroxylation is 2. The smallest absolute Gasteiger partial charge is 0.304 e. The lowest BCUT2D eigenvalue weighted by Gasteiger charge is -2.31. The molecule has 1 saturated heterocycles. The molecule has 0 radical (unpaired) electrons. The molecule has 6 heteroatoms. The van der Waals surface area contributed by atoms with Gasteiger partial charge < -0.3 is 24.2 Å². The highest BCUT2D eigenvalue weighted by atomic mass is 16.5. The van der Waals surface area contributed by atoms with E-state index < -0.39 is 5.97 Å². The zero-order valence-corrected chi connectivity index (χ0v) is 22.5. The Bertz CT molecular complexity index is 1270. The minimum atomic E-state index is -0.813. The number of fused-ring (bicyclic) bond motifs is 1. The van der Waals surface area contributed by atoms with Gasteiger partial charge in [0.25, 0.3) is 0 Å². The third-order valence-corrected chi connectivity index (χ3v) is 7.70. The molecule has 1 atom stereocenters. The van der Waals surface area contributed by atoms with Crippen molar-refractivity contribution in [2.45, 2.75) is 58.7 Å². The second kappa shape index (κ2) is 11.5. The number of hydrogen-bond acceptors (Lipinski definition) is 5. The van der Waals surface area contributed by atoms with Crippen molar-refractivity contribution in [2.75, 3.05) is 26.2 Å². The number of piperidine rings is 1. The van der Waals surface area contributed by atoms with Crippen LogP contribution in [0.4, 0.5) is 0 Å². The first-order valence-corrected chi connectivity index (χ1v) is 13.6. The molecule has 0 bridgehead atoms. The molecule has 0 saturated carbocycles. The second-order valence-corrected chi connectivity index (χ2v) is 10.5. The van der Waals surface area contributed by atoms with Gasteiger partial charge in [0, 0.05) is 30.6 Å². The van der Waals surface area contributed by atoms with Crippen molar-refractivity contribution in [1.82, 2.24) is 4.90 Å². The molecule has 38 heavy (non-hydrogen) atoms. The molecule has 0 spiro atoms. The Kier molecular flexibility index (Phi) is 7.89. The molecule has 6 nitrogen and oxygen atoms in total. The van der Waals surface area contributed by atoms with Gasteiger partial charge in [0.2, 0.25) is 0 Å². The van der Waals surface area contributed by atoms with E-state index in [1.54, 1.807) is 0 Å². The minimum absolute atomic E-state index is 0.0736. The van der Waals surface area contributed by atoms with Crippen LogP contribution in [0.5, 0.6) is 17.2 Å². The summed E-state index contributed by atoms with van der Waals surface area (Å²) >= 11 is 0. The molecule has 0 amide bonds. The van der Waals surface area contributed by atoms with E-state index in [2.05, 4.69) is 62.1 Å². The third kappa shape index (κ3) is 5.97. The van der Waals surface area contributed by atoms with Crippen molar-refractivity contribution < 1.29 is 24.1 Å². The number of carboxylic acid groups (broad SMARTS) is 1. The van der Waals surface area contributed by atoms with Crippen LogP contribution < -0.4 is 14.2 Å². The number of ether oxygens (including phenoxy) is 3. The van der Waals surface area contributed by atoms with Gasteiger partial charge in [-0.1, -0.05) is 31.2 Å². The normalized spacial score (nSPS) is 17.6. The quantitative estimate of drug-likeness (QED) is 0.358. The molecule has 3 aromatic carbocycles. The van der Waals surface area contributed by atoms with Gasteiger partial charge >= 0.3 is 5.97 Å². The molecule has 0 aliphatic carbocycles. The van der Waals surface area contributed by atoms with Gasteiger partial charge in [-0.05, 0) is 85.3 Å². The van der Waals surface area contributed by atoms with Crippen molar-refractivity contribution >= 4 is 5.97 Å². The van der Waals surface area contributed by atoms with Crippen LogP contribution in [0.3, 0.4) is 0 Å². The van der Waals surface area contributed by atoms with E-state index in [9.17, 15) is 4.79 Å². The molecule has 1 fully saturated rings. The highest BCUT2D eigenvalue weighted by Gasteiger charge is 2.26. The summed E-state index contributed by atoms with van der Waals surface area (Å²) in [6.07, 6.45) is 2.52. The predicted octanol–water partition coefficient (Wildman–Crippen LogP) is 6.36. The zero-order chi connectivity index (χ0) is 26.6. The Morgan fingerprint density at radius 1 is 1.03 bits per heavy atom. The molecule has 200 valence electrons. The summed E-state index contributed by atoms with van der Waals surface area (Å²) in [7, 11) is 0. The first kappa shape index (κ1) is 26.1. The second-order valence-electron chi connectivity index (χ2n) is 10.5. The standard InChI is InChI=1S/C32H37NO5/c1-4-33-12-10-26(11-13-33)38-28-14-21(2)32(22(3)15-28)24-7-5-6-23(16-24)19-36-27-8-9-29-25(17-31(34)35)20-37-30(29)18-27/h5-9,14-16,18,25-26H,4,10-13,17,19-20H2,1-3H3,(H,34,35)/t25-/m1/s1. The lowest BCUT2D eigenvalue weighted by Crippen LogP contribution is -2.38. The van der Waals surface area contributed by atoms with Crippen LogP contribution in [0.2, 0.25) is 0 Å². The summed E-state index contributed by atoms with van der Waals surface area (Å²) in [5.41, 5.74) is 6.82. The summed E-state index contributed by atoms with van der Waals surface area (Å²) in [5.74, 6) is 1.47. The molecular formula is C32H37NO5. The van der Waals surface area contributed by atoms with E-state index in [0.717, 1.165) is 54.9 Å². The number of carbonyl (C=O) groups is 1. The number of nitrogens with zero attached hydrogens (tertiary/aromatic N) is 1. The van der Waals surface area contributed by atoms with Gasteiger partial charge in [0.1, 0.15) is 30.0 Å². The summed E-state index contributed by atoms with van der Waals surface area (Å²) < 4.78 is 18.2. The van der Waals surface area contributed by atoms with Crippen LogP contribution in [0.15, 0.2) is 54.6 Å². The first-order chi connectivity index (χ1) is 18.4. The lowest BCUT2D eigenvalue weighted by atomic mass is 9.94. The summed E-state index contributed by atoms with van der Waals surface area (Å²) in [4.78, 5) is 13.6. The highest BCUT2D eigenvalue weighted by Crippen LogP contribution is 2.38. The number of benzene rings is 3. The van der Waals surface area contributed by atoms with Crippen molar-refractivity contribution in [3.8, 4) is 28.4 Å². The van der Waals surface area contributed by atoms with E-state index in [1.807, 2.05) is 18.2 Å². The third-order valence-electron chi connectivity index (χ3n) is 7.70. The number of rotatable bonds is 9. The predicted molar refractivity (Wildman–Crippen MR) is 148 cm³/mol. The van der Waals surface area contributed by atoms with Gasteiger partial charge in [0.15, 0.2) is 0 Å². The zero-order valence-electron chi connectivity index (χ0n) is 22.5. The van der Waals surface area contributed by atoms with Gasteiger partial charge in [-0.25, -0.2) is 0 Å². The monoisotopic (exact) mass is 515 g/mol. The molecule has 2 heterocycles. The first-order valence-electron chi connectivity index (χ1n) is 13.6. The molecule has 3 aromatic rings. The highest BCUT2D eigenvalue weighted by molar-refractivity contribution is 5.72. The number of hydrogen-bond donors (Lipinski definition) is 1. The topological polar surface area (TPSA) is 68.2 Å². The van der Waals surface area contributed by atoms with Crippen molar-refractivity contribution in [3.05, 3.63) is 76.9 Å². The van der Waals surface area contributed by atoms with E-state index in [4.69, 9.17) is 19.3 Å². The Labute approximate surface area is 225 Å². The fourth-order valence-electron chi connectivity index (χ4n) is 5.69. The number of likely N-dealkylation sites (tertiary alicyclic amines) is 1. The molecule has 1 N–H and O–H groups in total. The Hall–Kier alpha value is -3.51. The van der Waals surface area contributed by atoms with E-state index >= 15 is 0 Å². The Balaban J connectivity index is 1.25. The maximum atomic E-state index is 11.1. The van der Waals surface area contributed by atoms with E-state index in [-0.39, 0.29) is 18.4 Å². The molecule has 0 unspecified atom stereocenters. The molecule has 2 aliphatic rings. The van der Waals surface area contributed by atoms with Crippen LogP contribution in [0.1, 0.15) is 54.4 Å². The van der Waals surface area contributed by atoms with Gasteiger partial charge in [-0.2, -0.15) is 0 Å². The van der Waals surface area contributed by atoms with Gasteiger partial charge in [0.05, 0.1) is 13.0 Å². The fourth-order valence-corrected chi connectivity index (χ4v) is 5.69. The van der Waals surface area contributed by atoms with Gasteiger partial charge in [-0.3, -0.25) is 4.79 Å². The SMILES string of the molecule is CCN1CCC(Oc2cc(C)c(-c3cccc(COc4ccc5c(c4)OC[C@H]5CC(=O)O)c3)c(C)c2)CC1. The lowest BCUT2D eigenvalue weighted by molar-refractivity contribution is -0.137. The summed E-state index contributed by atoms with van der Waals surface area (Å²) in [5, 5.41) is 9.11. The van der Waals surface area contributed by atoms with Crippen molar-refractivity contribution in [1.29, 1.82) is 0 Å². The van der Waals surface area contributed by atoms with Crippen LogP contribution in [0.25, 0.3) is 11.1 Å². The van der Waals surface area contributed by atoms with Crippen LogP contribution in [-0.4, -0.2) is 48.3 Å².